The molecule has 7 heteroatoms. The average molecular weight is 377 g/mol. The van der Waals surface area contributed by atoms with E-state index >= 15 is 0 Å². The van der Waals surface area contributed by atoms with Gasteiger partial charge in [-0.3, -0.25) is 0 Å². The Morgan fingerprint density at radius 2 is 1.81 bits per heavy atom. The van der Waals surface area contributed by atoms with Crippen LogP contribution >= 0.6 is 11.6 Å². The van der Waals surface area contributed by atoms with Crippen LogP contribution in [0.5, 0.6) is 0 Å². The molecule has 4 nitrogen and oxygen atoms in total. The molecule has 1 aliphatic heterocycles. The number of nitrogens with zero attached hydrogens (tertiary/aromatic N) is 2. The zero-order chi connectivity index (χ0) is 18.7. The number of carbonyl (C=O) groups excluding carboxylic acids is 1. The summed E-state index contributed by atoms with van der Waals surface area (Å²) in [5.74, 6) is -0.605. The minimum Gasteiger partial charge on any atom is -0.467 e. The Labute approximate surface area is 154 Å². The Hall–Kier alpha value is -2.73. The monoisotopic (exact) mass is 376 g/mol. The standard InChI is InChI=1S/C19H15ClF2N2O2/c1-26-19(25)17-15(12-5-3-2-4-6-12)11-16(18(21)22)23-24(17)14-9-7-13(20)8-10-14/h2-11,17-18H,1H3. The molecule has 0 radical (unpaired) electrons. The van der Waals surface area contributed by atoms with Gasteiger partial charge in [-0.1, -0.05) is 41.9 Å². The van der Waals surface area contributed by atoms with Crippen molar-refractivity contribution < 1.29 is 18.3 Å². The van der Waals surface area contributed by atoms with E-state index in [2.05, 4.69) is 5.10 Å². The first-order valence-electron chi connectivity index (χ1n) is 7.77. The van der Waals surface area contributed by atoms with E-state index in [4.69, 9.17) is 16.3 Å². The molecule has 0 spiro atoms. The molecular formula is C19H15ClF2N2O2. The molecule has 2 aromatic carbocycles. The maximum Gasteiger partial charge on any atom is 0.335 e. The Bertz CT molecular complexity index is 852. The van der Waals surface area contributed by atoms with Crippen molar-refractivity contribution in [2.45, 2.75) is 12.5 Å². The normalized spacial score (nSPS) is 17.0. The highest BCUT2D eigenvalue weighted by atomic mass is 35.5. The minimum atomic E-state index is -2.79. The van der Waals surface area contributed by atoms with Crippen molar-refractivity contribution in [1.29, 1.82) is 0 Å². The maximum absolute atomic E-state index is 13.4. The lowest BCUT2D eigenvalue weighted by Gasteiger charge is -2.33. The van der Waals surface area contributed by atoms with Gasteiger partial charge < -0.3 is 4.74 Å². The molecule has 0 bridgehead atoms. The zero-order valence-corrected chi connectivity index (χ0v) is 14.5. The number of benzene rings is 2. The topological polar surface area (TPSA) is 41.9 Å². The van der Waals surface area contributed by atoms with Crippen LogP contribution in [0.25, 0.3) is 5.57 Å². The number of esters is 1. The highest BCUT2D eigenvalue weighted by Gasteiger charge is 2.36. The summed E-state index contributed by atoms with van der Waals surface area (Å²) in [6.07, 6.45) is -1.55. The van der Waals surface area contributed by atoms with Gasteiger partial charge in [-0.25, -0.2) is 18.6 Å². The second-order valence-corrected chi connectivity index (χ2v) is 5.97. The van der Waals surface area contributed by atoms with E-state index in [1.54, 1.807) is 54.6 Å². The maximum atomic E-state index is 13.4. The molecule has 1 unspecified atom stereocenters. The van der Waals surface area contributed by atoms with Crippen LogP contribution in [0.15, 0.2) is 65.8 Å². The van der Waals surface area contributed by atoms with Crippen molar-refractivity contribution in [1.82, 2.24) is 0 Å². The molecule has 134 valence electrons. The van der Waals surface area contributed by atoms with Crippen LogP contribution in [0, 0.1) is 0 Å². The lowest BCUT2D eigenvalue weighted by molar-refractivity contribution is -0.140. The van der Waals surface area contributed by atoms with Crippen molar-refractivity contribution >= 4 is 34.5 Å². The fourth-order valence-electron chi connectivity index (χ4n) is 2.70. The summed E-state index contributed by atoms with van der Waals surface area (Å²) in [6, 6.07) is 14.3. The number of carbonyl (C=O) groups is 1. The average Bonchev–Trinajstić information content (AvgIpc) is 2.67. The van der Waals surface area contributed by atoms with Gasteiger partial charge in [-0.2, -0.15) is 5.10 Å². The van der Waals surface area contributed by atoms with Crippen LogP contribution in [-0.4, -0.2) is 31.3 Å². The first-order valence-corrected chi connectivity index (χ1v) is 8.15. The number of hydrazone groups is 1. The SMILES string of the molecule is COC(=O)C1C(c2ccccc2)=CC(C(F)F)=NN1c1ccc(Cl)cc1. The number of halogens is 3. The van der Waals surface area contributed by atoms with E-state index in [1.807, 2.05) is 0 Å². The largest absolute Gasteiger partial charge is 0.467 e. The van der Waals surface area contributed by atoms with E-state index < -0.39 is 24.1 Å². The van der Waals surface area contributed by atoms with Crippen molar-refractivity contribution in [2.75, 3.05) is 12.1 Å². The first kappa shape index (κ1) is 18.1. The number of methoxy groups -OCH3 is 1. The molecule has 1 heterocycles. The predicted molar refractivity (Wildman–Crippen MR) is 97.6 cm³/mol. The summed E-state index contributed by atoms with van der Waals surface area (Å²) in [5.41, 5.74) is 1.04. The van der Waals surface area contributed by atoms with E-state index in [-0.39, 0.29) is 0 Å². The highest BCUT2D eigenvalue weighted by molar-refractivity contribution is 6.30. The summed E-state index contributed by atoms with van der Waals surface area (Å²) in [6.45, 7) is 0. The van der Waals surface area contributed by atoms with Gasteiger partial charge in [0.2, 0.25) is 0 Å². The van der Waals surface area contributed by atoms with Crippen molar-refractivity contribution in [3.63, 3.8) is 0 Å². The first-order chi connectivity index (χ1) is 12.5. The summed E-state index contributed by atoms with van der Waals surface area (Å²) < 4.78 is 31.8. The molecule has 0 aliphatic carbocycles. The van der Waals surface area contributed by atoms with E-state index in [9.17, 15) is 13.6 Å². The second kappa shape index (κ2) is 7.66. The van der Waals surface area contributed by atoms with Crippen LogP contribution in [0.1, 0.15) is 5.56 Å². The Kier molecular flexibility index (Phi) is 5.32. The van der Waals surface area contributed by atoms with Gasteiger partial charge in [0, 0.05) is 5.02 Å². The van der Waals surface area contributed by atoms with E-state index in [0.717, 1.165) is 0 Å². The quantitative estimate of drug-likeness (QED) is 0.742. The van der Waals surface area contributed by atoms with Gasteiger partial charge in [0.05, 0.1) is 12.8 Å². The summed E-state index contributed by atoms with van der Waals surface area (Å²) in [5, 5.41) is 5.71. The number of hydrogen-bond donors (Lipinski definition) is 0. The van der Waals surface area contributed by atoms with Crippen LogP contribution in [0.3, 0.4) is 0 Å². The predicted octanol–water partition coefficient (Wildman–Crippen LogP) is 4.41. The number of anilines is 1. The van der Waals surface area contributed by atoms with Gasteiger partial charge in [-0.15, -0.1) is 0 Å². The number of ether oxygens (including phenoxy) is 1. The fourth-order valence-corrected chi connectivity index (χ4v) is 2.82. The molecule has 0 fully saturated rings. The zero-order valence-electron chi connectivity index (χ0n) is 13.8. The molecule has 0 saturated heterocycles. The number of rotatable bonds is 4. The lowest BCUT2D eigenvalue weighted by atomic mass is 9.94. The van der Waals surface area contributed by atoms with Gasteiger partial charge in [0.25, 0.3) is 6.43 Å². The number of allylic oxidation sites excluding steroid dienone is 1. The molecule has 3 rings (SSSR count). The molecule has 0 saturated carbocycles. The van der Waals surface area contributed by atoms with Crippen molar-refractivity contribution in [2.24, 2.45) is 5.10 Å². The van der Waals surface area contributed by atoms with Crippen molar-refractivity contribution in [3.8, 4) is 0 Å². The highest BCUT2D eigenvalue weighted by Crippen LogP contribution is 2.32. The fraction of sp³-hybridized carbons (Fsp3) is 0.158. The van der Waals surface area contributed by atoms with Crippen LogP contribution < -0.4 is 5.01 Å². The molecule has 1 atom stereocenters. The molecule has 0 aromatic heterocycles. The van der Waals surface area contributed by atoms with Crippen LogP contribution in [-0.2, 0) is 9.53 Å². The third-order valence-corrected chi connectivity index (χ3v) is 4.16. The minimum absolute atomic E-state index is 0.387. The third-order valence-electron chi connectivity index (χ3n) is 3.91. The molecule has 0 N–H and O–H groups in total. The van der Waals surface area contributed by atoms with Crippen molar-refractivity contribution in [3.05, 3.63) is 71.3 Å². The molecule has 26 heavy (non-hydrogen) atoms. The van der Waals surface area contributed by atoms with Crippen LogP contribution in [0.4, 0.5) is 14.5 Å². The lowest BCUT2D eigenvalue weighted by Crippen LogP contribution is -2.43. The number of alkyl halides is 2. The number of hydrogen-bond acceptors (Lipinski definition) is 4. The van der Waals surface area contributed by atoms with Gasteiger partial charge in [0.1, 0.15) is 5.71 Å². The summed E-state index contributed by atoms with van der Waals surface area (Å²) >= 11 is 5.90. The van der Waals surface area contributed by atoms with Crippen LogP contribution in [0.2, 0.25) is 5.02 Å². The molecule has 1 aliphatic rings. The molecule has 0 amide bonds. The van der Waals surface area contributed by atoms with Gasteiger partial charge in [0.15, 0.2) is 6.04 Å². The van der Waals surface area contributed by atoms with E-state index in [1.165, 1.54) is 18.2 Å². The molecule has 2 aromatic rings. The van der Waals surface area contributed by atoms with Gasteiger partial charge in [-0.05, 0) is 41.5 Å². The Morgan fingerprint density at radius 1 is 1.15 bits per heavy atom. The second-order valence-electron chi connectivity index (χ2n) is 5.54. The van der Waals surface area contributed by atoms with E-state index in [0.29, 0.717) is 21.8 Å². The summed E-state index contributed by atoms with van der Waals surface area (Å²) in [7, 11) is 1.25. The summed E-state index contributed by atoms with van der Waals surface area (Å²) in [4.78, 5) is 12.5. The molecular weight excluding hydrogens is 362 g/mol. The third kappa shape index (κ3) is 3.60. The Balaban J connectivity index is 2.16. The smallest absolute Gasteiger partial charge is 0.335 e. The van der Waals surface area contributed by atoms with Gasteiger partial charge >= 0.3 is 5.97 Å². The Morgan fingerprint density at radius 3 is 2.38 bits per heavy atom.